The van der Waals surface area contributed by atoms with Crippen LogP contribution in [0.25, 0.3) is 44.5 Å². The van der Waals surface area contributed by atoms with E-state index >= 15 is 0 Å². The molecule has 0 spiro atoms. The molecule has 0 saturated carbocycles. The molecule has 0 fully saturated rings. The quantitative estimate of drug-likeness (QED) is 0.157. The molecule has 0 bridgehead atoms. The molecule has 11 rings (SSSR count). The van der Waals surface area contributed by atoms with E-state index in [-0.39, 0.29) is 10.8 Å². The van der Waals surface area contributed by atoms with Gasteiger partial charge in [-0.3, -0.25) is 0 Å². The van der Waals surface area contributed by atoms with Gasteiger partial charge in [0.2, 0.25) is 0 Å². The predicted molar refractivity (Wildman–Crippen MR) is 247 cm³/mol. The largest absolute Gasteiger partial charge is 0.310 e. The second-order valence-corrected chi connectivity index (χ2v) is 16.3. The smallest absolute Gasteiger partial charge is 0.0546 e. The Morgan fingerprint density at radius 1 is 0.305 bits per heavy atom. The highest BCUT2D eigenvalue weighted by molar-refractivity contribution is 5.98. The highest BCUT2D eigenvalue weighted by Crippen LogP contribution is 2.57. The van der Waals surface area contributed by atoms with E-state index in [1.807, 2.05) is 0 Å². The van der Waals surface area contributed by atoms with E-state index in [9.17, 15) is 0 Å². The summed E-state index contributed by atoms with van der Waals surface area (Å²) in [5.41, 5.74) is 20.5. The van der Waals surface area contributed by atoms with Crippen LogP contribution >= 0.6 is 0 Å². The zero-order valence-corrected chi connectivity index (χ0v) is 33.3. The van der Waals surface area contributed by atoms with Crippen LogP contribution in [0.1, 0.15) is 47.2 Å². The van der Waals surface area contributed by atoms with Gasteiger partial charge in [-0.25, -0.2) is 0 Å². The molecule has 0 radical (unpaired) electrons. The lowest BCUT2D eigenvalue weighted by molar-refractivity contribution is 0.713. The Kier molecular flexibility index (Phi) is 8.13. The summed E-state index contributed by atoms with van der Waals surface area (Å²) in [4.78, 5) is 2.53. The maximum Gasteiger partial charge on any atom is 0.0546 e. The van der Waals surface area contributed by atoms with Gasteiger partial charge in [-0.1, -0.05) is 194 Å². The van der Waals surface area contributed by atoms with Crippen molar-refractivity contribution in [3.63, 3.8) is 0 Å². The van der Waals surface area contributed by atoms with Gasteiger partial charge >= 0.3 is 0 Å². The molecule has 0 heterocycles. The van der Waals surface area contributed by atoms with E-state index in [2.05, 4.69) is 243 Å². The fourth-order valence-corrected chi connectivity index (χ4v) is 10.3. The number of anilines is 3. The number of nitrogens with zero attached hydrogens (tertiary/aromatic N) is 1. The molecule has 0 saturated heterocycles. The minimum Gasteiger partial charge on any atom is -0.310 e. The molecule has 9 aromatic carbocycles. The van der Waals surface area contributed by atoms with Crippen molar-refractivity contribution in [2.75, 3.05) is 4.90 Å². The molecular formula is C58H43N. The second kappa shape index (κ2) is 13.7. The highest BCUT2D eigenvalue weighted by atomic mass is 15.1. The standard InChI is InChI=1S/C58H43N/c1-57(42-24-11-5-12-25-42)51-31-17-15-28-47(51)49-36-34-44(38-53(49)57)59(55-33-19-30-46(40-20-7-3-8-21-40)56(55)41-22-9-4-10-23-41)45-35-37-50-48-29-16-18-32-52(48)58(2,54(50)39-45)43-26-13-6-14-27-43/h3-39H,1-2H3. The molecule has 1 nitrogen and oxygen atoms in total. The molecule has 9 aromatic rings. The average molecular weight is 754 g/mol. The highest BCUT2D eigenvalue weighted by Gasteiger charge is 2.43. The van der Waals surface area contributed by atoms with Crippen LogP contribution < -0.4 is 4.90 Å². The Hall–Kier alpha value is -7.22. The zero-order valence-electron chi connectivity index (χ0n) is 33.3. The van der Waals surface area contributed by atoms with Crippen LogP contribution in [0.5, 0.6) is 0 Å². The summed E-state index contributed by atoms with van der Waals surface area (Å²) in [5, 5.41) is 0. The van der Waals surface area contributed by atoms with Crippen LogP contribution in [-0.2, 0) is 10.8 Å². The molecule has 0 amide bonds. The molecule has 1 heteroatoms. The molecule has 0 N–H and O–H groups in total. The van der Waals surface area contributed by atoms with Gasteiger partial charge in [-0.05, 0) is 117 Å². The third kappa shape index (κ3) is 5.31. The molecule has 280 valence electrons. The molecule has 2 aliphatic carbocycles. The Bertz CT molecular complexity index is 2860. The molecule has 2 unspecified atom stereocenters. The summed E-state index contributed by atoms with van der Waals surface area (Å²) in [6.07, 6.45) is 0. The number of hydrogen-bond donors (Lipinski definition) is 0. The first-order valence-corrected chi connectivity index (χ1v) is 20.7. The number of fused-ring (bicyclic) bond motifs is 6. The van der Waals surface area contributed by atoms with Crippen LogP contribution in [0.4, 0.5) is 17.1 Å². The number of benzene rings is 9. The van der Waals surface area contributed by atoms with E-state index in [1.54, 1.807) is 0 Å². The van der Waals surface area contributed by atoms with Crippen LogP contribution in [0.2, 0.25) is 0 Å². The minimum absolute atomic E-state index is 0.339. The van der Waals surface area contributed by atoms with Crippen LogP contribution in [-0.4, -0.2) is 0 Å². The summed E-state index contributed by atoms with van der Waals surface area (Å²) in [7, 11) is 0. The Morgan fingerprint density at radius 2 is 0.695 bits per heavy atom. The lowest BCUT2D eigenvalue weighted by Gasteiger charge is -2.33. The third-order valence-electron chi connectivity index (χ3n) is 13.2. The monoisotopic (exact) mass is 753 g/mol. The van der Waals surface area contributed by atoms with E-state index in [0.29, 0.717) is 0 Å². The lowest BCUT2D eigenvalue weighted by Crippen LogP contribution is -2.23. The summed E-state index contributed by atoms with van der Waals surface area (Å²) < 4.78 is 0. The topological polar surface area (TPSA) is 3.24 Å². The first-order valence-electron chi connectivity index (χ1n) is 20.7. The zero-order chi connectivity index (χ0) is 39.6. The van der Waals surface area contributed by atoms with Crippen molar-refractivity contribution >= 4 is 17.1 Å². The maximum atomic E-state index is 2.53. The summed E-state index contributed by atoms with van der Waals surface area (Å²) in [6.45, 7) is 4.81. The first kappa shape index (κ1) is 35.0. The van der Waals surface area contributed by atoms with Crippen molar-refractivity contribution in [1.29, 1.82) is 0 Å². The van der Waals surface area contributed by atoms with Gasteiger partial charge in [-0.15, -0.1) is 0 Å². The molecular weight excluding hydrogens is 711 g/mol. The first-order chi connectivity index (χ1) is 29.0. The predicted octanol–water partition coefficient (Wildman–Crippen LogP) is 15.2. The normalized spacial score (nSPS) is 17.1. The fourth-order valence-electron chi connectivity index (χ4n) is 10.3. The molecule has 2 atom stereocenters. The third-order valence-corrected chi connectivity index (χ3v) is 13.2. The van der Waals surface area contributed by atoms with Crippen LogP contribution in [0.3, 0.4) is 0 Å². The second-order valence-electron chi connectivity index (χ2n) is 16.3. The van der Waals surface area contributed by atoms with E-state index in [0.717, 1.165) is 17.1 Å². The van der Waals surface area contributed by atoms with Crippen LogP contribution in [0.15, 0.2) is 224 Å². The average Bonchev–Trinajstić information content (AvgIpc) is 3.73. The van der Waals surface area contributed by atoms with Crippen molar-refractivity contribution < 1.29 is 0 Å². The Balaban J connectivity index is 1.21. The van der Waals surface area contributed by atoms with E-state index < -0.39 is 0 Å². The van der Waals surface area contributed by atoms with Crippen molar-refractivity contribution in [3.05, 3.63) is 258 Å². The van der Waals surface area contributed by atoms with Gasteiger partial charge in [0, 0.05) is 27.8 Å². The number of hydrogen-bond acceptors (Lipinski definition) is 1. The van der Waals surface area contributed by atoms with Crippen molar-refractivity contribution in [2.24, 2.45) is 0 Å². The van der Waals surface area contributed by atoms with Gasteiger partial charge in [0.1, 0.15) is 0 Å². The van der Waals surface area contributed by atoms with Crippen molar-refractivity contribution in [2.45, 2.75) is 24.7 Å². The Labute approximate surface area is 347 Å². The summed E-state index contributed by atoms with van der Waals surface area (Å²) >= 11 is 0. The SMILES string of the molecule is CC1(c2ccccc2)c2ccccc2-c2ccc(N(c3ccc4c(c3)C(C)(c3ccccc3)c3ccccc3-4)c3cccc(-c4ccccc4)c3-c3ccccc3)cc21. The summed E-state index contributed by atoms with van der Waals surface area (Å²) in [5.74, 6) is 0. The molecule has 0 aromatic heterocycles. The molecule has 2 aliphatic rings. The van der Waals surface area contributed by atoms with Crippen LogP contribution in [0, 0.1) is 0 Å². The molecule has 0 aliphatic heterocycles. The maximum absolute atomic E-state index is 2.53. The fraction of sp³-hybridized carbons (Fsp3) is 0.0690. The molecule has 59 heavy (non-hydrogen) atoms. The van der Waals surface area contributed by atoms with Crippen molar-refractivity contribution in [1.82, 2.24) is 0 Å². The van der Waals surface area contributed by atoms with Gasteiger partial charge in [-0.2, -0.15) is 0 Å². The number of rotatable bonds is 7. The minimum atomic E-state index is -0.339. The Morgan fingerprint density at radius 3 is 1.19 bits per heavy atom. The van der Waals surface area contributed by atoms with Gasteiger partial charge in [0.25, 0.3) is 0 Å². The lowest BCUT2D eigenvalue weighted by atomic mass is 9.74. The van der Waals surface area contributed by atoms with Gasteiger partial charge in [0.05, 0.1) is 5.69 Å². The van der Waals surface area contributed by atoms with E-state index in [4.69, 9.17) is 0 Å². The van der Waals surface area contributed by atoms with Crippen molar-refractivity contribution in [3.8, 4) is 44.5 Å². The van der Waals surface area contributed by atoms with Gasteiger partial charge in [0.15, 0.2) is 0 Å². The van der Waals surface area contributed by atoms with Gasteiger partial charge < -0.3 is 4.90 Å². The summed E-state index contributed by atoms with van der Waals surface area (Å²) in [6, 6.07) is 82.9. The van der Waals surface area contributed by atoms with E-state index in [1.165, 1.54) is 77.9 Å².